The molecule has 2 aromatic rings. The molecule has 1 amide bonds. The predicted molar refractivity (Wildman–Crippen MR) is 102 cm³/mol. The van der Waals surface area contributed by atoms with Crippen LogP contribution in [-0.2, 0) is 16.1 Å². The van der Waals surface area contributed by atoms with Crippen LogP contribution < -0.4 is 15.4 Å². The Kier molecular flexibility index (Phi) is 12.3. The van der Waals surface area contributed by atoms with Crippen LogP contribution in [-0.4, -0.2) is 37.7 Å². The highest BCUT2D eigenvalue weighted by molar-refractivity contribution is 5.85. The molecule has 26 heavy (non-hydrogen) atoms. The van der Waals surface area contributed by atoms with E-state index in [0.29, 0.717) is 31.3 Å². The fourth-order valence-corrected chi connectivity index (χ4v) is 1.87. The van der Waals surface area contributed by atoms with Gasteiger partial charge in [-0.2, -0.15) is 0 Å². The minimum Gasteiger partial charge on any atom is -0.439 e. The van der Waals surface area contributed by atoms with Crippen LogP contribution in [0.25, 0.3) is 0 Å². The Morgan fingerprint density at radius 3 is 2.69 bits per heavy atom. The molecule has 0 saturated carbocycles. The summed E-state index contributed by atoms with van der Waals surface area (Å²) in [4.78, 5) is 15.8. The fraction of sp³-hybridized carbons (Fsp3) is 0.294. The number of nitrogens with one attached hydrogen (secondary N) is 2. The van der Waals surface area contributed by atoms with E-state index < -0.39 is 0 Å². The lowest BCUT2D eigenvalue weighted by molar-refractivity contribution is -0.120. The molecule has 0 aliphatic rings. The maximum Gasteiger partial charge on any atom is 0.234 e. The van der Waals surface area contributed by atoms with Crippen molar-refractivity contribution in [2.75, 3.05) is 26.8 Å². The largest absolute Gasteiger partial charge is 0.439 e. The number of halogens is 3. The summed E-state index contributed by atoms with van der Waals surface area (Å²) in [6, 6.07) is 9.30. The summed E-state index contributed by atoms with van der Waals surface area (Å²) in [6.07, 6.45) is 1.60. The Bertz CT molecular complexity index is 660. The molecular formula is C17H22Cl2FN3O3. The van der Waals surface area contributed by atoms with Crippen molar-refractivity contribution in [2.45, 2.75) is 6.54 Å². The first-order valence-electron chi connectivity index (χ1n) is 7.52. The monoisotopic (exact) mass is 405 g/mol. The molecule has 9 heteroatoms. The smallest absolute Gasteiger partial charge is 0.234 e. The molecule has 0 radical (unpaired) electrons. The first-order valence-corrected chi connectivity index (χ1v) is 7.52. The number of rotatable bonds is 9. The van der Waals surface area contributed by atoms with Gasteiger partial charge in [-0.1, -0.05) is 12.1 Å². The Balaban J connectivity index is 0.00000312. The average Bonchev–Trinajstić information content (AvgIpc) is 2.58. The summed E-state index contributed by atoms with van der Waals surface area (Å²) in [5, 5.41) is 5.74. The lowest BCUT2D eigenvalue weighted by Gasteiger charge is -2.08. The van der Waals surface area contributed by atoms with E-state index in [4.69, 9.17) is 9.47 Å². The van der Waals surface area contributed by atoms with Crippen LogP contribution in [0.4, 0.5) is 4.39 Å². The summed E-state index contributed by atoms with van der Waals surface area (Å²) in [5.41, 5.74) is 0.840. The molecule has 0 aliphatic heterocycles. The lowest BCUT2D eigenvalue weighted by atomic mass is 10.3. The number of methoxy groups -OCH3 is 1. The quantitative estimate of drug-likeness (QED) is 0.627. The zero-order valence-corrected chi connectivity index (χ0v) is 15.9. The second kappa shape index (κ2) is 13.3. The first-order chi connectivity index (χ1) is 11.7. The van der Waals surface area contributed by atoms with Crippen molar-refractivity contribution in [1.82, 2.24) is 15.6 Å². The molecule has 1 heterocycles. The Morgan fingerprint density at radius 1 is 1.23 bits per heavy atom. The van der Waals surface area contributed by atoms with Gasteiger partial charge in [0.15, 0.2) is 0 Å². The van der Waals surface area contributed by atoms with Crippen molar-refractivity contribution in [1.29, 1.82) is 0 Å². The van der Waals surface area contributed by atoms with Crippen molar-refractivity contribution < 1.29 is 18.7 Å². The summed E-state index contributed by atoms with van der Waals surface area (Å²) in [7, 11) is 1.61. The highest BCUT2D eigenvalue weighted by Gasteiger charge is 2.03. The van der Waals surface area contributed by atoms with Gasteiger partial charge in [0.25, 0.3) is 0 Å². The number of aromatic nitrogens is 1. The van der Waals surface area contributed by atoms with Crippen LogP contribution in [0, 0.1) is 5.82 Å². The van der Waals surface area contributed by atoms with E-state index in [-0.39, 0.29) is 43.1 Å². The summed E-state index contributed by atoms with van der Waals surface area (Å²) < 4.78 is 23.4. The fourth-order valence-electron chi connectivity index (χ4n) is 1.87. The number of benzene rings is 1. The molecule has 0 spiro atoms. The normalized spacial score (nSPS) is 9.62. The van der Waals surface area contributed by atoms with E-state index in [9.17, 15) is 9.18 Å². The van der Waals surface area contributed by atoms with Crippen LogP contribution in [0.2, 0.25) is 0 Å². The molecule has 0 fully saturated rings. The second-order valence-corrected chi connectivity index (χ2v) is 5.01. The number of amides is 1. The molecule has 0 unspecified atom stereocenters. The zero-order valence-electron chi connectivity index (χ0n) is 14.2. The number of ether oxygens (including phenoxy) is 2. The Morgan fingerprint density at radius 2 is 2.04 bits per heavy atom. The second-order valence-electron chi connectivity index (χ2n) is 5.01. The predicted octanol–water partition coefficient (Wildman–Crippen LogP) is 2.71. The summed E-state index contributed by atoms with van der Waals surface area (Å²) >= 11 is 0. The van der Waals surface area contributed by atoms with Crippen molar-refractivity contribution >= 4 is 30.7 Å². The minimum absolute atomic E-state index is 0. The van der Waals surface area contributed by atoms with Gasteiger partial charge in [-0.05, 0) is 17.7 Å². The van der Waals surface area contributed by atoms with Gasteiger partial charge in [0.1, 0.15) is 11.6 Å². The van der Waals surface area contributed by atoms with Gasteiger partial charge in [-0.3, -0.25) is 4.79 Å². The maximum atomic E-state index is 13.1. The molecule has 2 rings (SSSR count). The minimum atomic E-state index is -0.369. The molecule has 2 N–H and O–H groups in total. The standard InChI is InChI=1S/C17H20FN3O3.2ClH/c1-23-8-7-19-12-16(22)20-10-13-5-6-17(21-11-13)24-15-4-2-3-14(18)9-15;;/h2-6,9,11,19H,7-8,10,12H2,1H3,(H,20,22);2*1H. The topological polar surface area (TPSA) is 72.5 Å². The van der Waals surface area contributed by atoms with E-state index in [2.05, 4.69) is 15.6 Å². The van der Waals surface area contributed by atoms with Crippen LogP contribution in [0.15, 0.2) is 42.6 Å². The van der Waals surface area contributed by atoms with Crippen LogP contribution in [0.5, 0.6) is 11.6 Å². The van der Waals surface area contributed by atoms with Crippen LogP contribution in [0.3, 0.4) is 0 Å². The number of hydrogen-bond acceptors (Lipinski definition) is 5. The number of carbonyl (C=O) groups is 1. The van der Waals surface area contributed by atoms with Crippen molar-refractivity contribution in [3.63, 3.8) is 0 Å². The third-order valence-corrected chi connectivity index (χ3v) is 3.07. The van der Waals surface area contributed by atoms with Gasteiger partial charge in [-0.15, -0.1) is 24.8 Å². The van der Waals surface area contributed by atoms with E-state index >= 15 is 0 Å². The van der Waals surface area contributed by atoms with Gasteiger partial charge in [0, 0.05) is 38.5 Å². The molecule has 144 valence electrons. The summed E-state index contributed by atoms with van der Waals surface area (Å²) in [5.74, 6) is 0.264. The van der Waals surface area contributed by atoms with Crippen molar-refractivity contribution in [3.8, 4) is 11.6 Å². The molecule has 0 saturated heterocycles. The molecular weight excluding hydrogens is 384 g/mol. The number of nitrogens with zero attached hydrogens (tertiary/aromatic N) is 1. The molecule has 0 aliphatic carbocycles. The van der Waals surface area contributed by atoms with Crippen LogP contribution in [0.1, 0.15) is 5.56 Å². The van der Waals surface area contributed by atoms with Crippen LogP contribution >= 0.6 is 24.8 Å². The van der Waals surface area contributed by atoms with Gasteiger partial charge in [-0.25, -0.2) is 9.37 Å². The third kappa shape index (κ3) is 8.96. The average molecular weight is 406 g/mol. The van der Waals surface area contributed by atoms with E-state index in [1.54, 1.807) is 37.6 Å². The third-order valence-electron chi connectivity index (χ3n) is 3.07. The van der Waals surface area contributed by atoms with Gasteiger partial charge in [0.2, 0.25) is 11.8 Å². The maximum absolute atomic E-state index is 13.1. The molecule has 1 aromatic heterocycles. The Hall–Kier alpha value is -1.93. The molecule has 0 atom stereocenters. The lowest BCUT2D eigenvalue weighted by Crippen LogP contribution is -2.34. The highest BCUT2D eigenvalue weighted by atomic mass is 35.5. The van der Waals surface area contributed by atoms with Gasteiger partial charge < -0.3 is 20.1 Å². The van der Waals surface area contributed by atoms with Crippen molar-refractivity contribution in [3.05, 3.63) is 54.0 Å². The zero-order chi connectivity index (χ0) is 17.2. The van der Waals surface area contributed by atoms with Gasteiger partial charge in [0.05, 0.1) is 13.2 Å². The van der Waals surface area contributed by atoms with Gasteiger partial charge >= 0.3 is 0 Å². The number of carbonyl (C=O) groups excluding carboxylic acids is 1. The molecule has 6 nitrogen and oxygen atoms in total. The van der Waals surface area contributed by atoms with E-state index in [0.717, 1.165) is 5.56 Å². The first kappa shape index (κ1) is 24.1. The Labute approximate surface area is 164 Å². The molecule has 1 aromatic carbocycles. The van der Waals surface area contributed by atoms with E-state index in [1.807, 2.05) is 0 Å². The van der Waals surface area contributed by atoms with E-state index in [1.165, 1.54) is 12.1 Å². The SMILES string of the molecule is COCCNCC(=O)NCc1ccc(Oc2cccc(F)c2)nc1.Cl.Cl. The van der Waals surface area contributed by atoms with Crippen molar-refractivity contribution in [2.24, 2.45) is 0 Å². The summed E-state index contributed by atoms with van der Waals surface area (Å²) in [6.45, 7) is 1.79. The molecule has 0 bridgehead atoms. The number of pyridine rings is 1. The highest BCUT2D eigenvalue weighted by Crippen LogP contribution is 2.19. The number of hydrogen-bond donors (Lipinski definition) is 2.